The molecule has 1 aliphatic rings. The molecule has 1 heterocycles. The molecule has 30 heavy (non-hydrogen) atoms. The average Bonchev–Trinajstić information content (AvgIpc) is 3.12. The Bertz CT molecular complexity index is 807. The molecular weight excluding hydrogens is 415 g/mol. The number of carboxylic acid groups (broad SMARTS) is 1. The molecule has 1 aromatic carbocycles. The van der Waals surface area contributed by atoms with Gasteiger partial charge in [-0.05, 0) is 24.5 Å². The van der Waals surface area contributed by atoms with E-state index in [1.807, 2.05) is 0 Å². The summed E-state index contributed by atoms with van der Waals surface area (Å²) in [6.45, 7) is 2.31. The maximum absolute atomic E-state index is 12.4. The van der Waals surface area contributed by atoms with Crippen LogP contribution in [0.25, 0.3) is 0 Å². The lowest BCUT2D eigenvalue weighted by Crippen LogP contribution is -2.38. The van der Waals surface area contributed by atoms with Gasteiger partial charge in [0.15, 0.2) is 0 Å². The van der Waals surface area contributed by atoms with Gasteiger partial charge in [0.05, 0.1) is 12.9 Å². The average molecular weight is 440 g/mol. The van der Waals surface area contributed by atoms with Crippen LogP contribution < -0.4 is 10.1 Å². The Morgan fingerprint density at radius 1 is 1.37 bits per heavy atom. The third kappa shape index (κ3) is 6.03. The number of carboxylic acids is 1. The second-order valence-electron chi connectivity index (χ2n) is 6.95. The van der Waals surface area contributed by atoms with E-state index in [0.29, 0.717) is 19.5 Å². The molecule has 1 unspecified atom stereocenters. The summed E-state index contributed by atoms with van der Waals surface area (Å²) in [6, 6.07) is 2.72. The predicted octanol–water partition coefficient (Wildman–Crippen LogP) is -0.508. The molecule has 0 spiro atoms. The zero-order chi connectivity index (χ0) is 22.4. The monoisotopic (exact) mass is 440 g/mol. The Hall–Kier alpha value is -2.44. The topological polar surface area (TPSA) is 157 Å². The van der Waals surface area contributed by atoms with Gasteiger partial charge in [0, 0.05) is 31.2 Å². The Labute approximate surface area is 178 Å². The van der Waals surface area contributed by atoms with Crippen molar-refractivity contribution in [3.63, 3.8) is 0 Å². The number of rotatable bonds is 9. The molecule has 10 nitrogen and oxygen atoms in total. The fourth-order valence-electron chi connectivity index (χ4n) is 3.29. The number of nitrogens with zero attached hydrogens (tertiary/aromatic N) is 1. The van der Waals surface area contributed by atoms with Gasteiger partial charge in [0.2, 0.25) is 11.8 Å². The Balaban J connectivity index is 2.02. The molecule has 1 aromatic rings. The lowest BCUT2D eigenvalue weighted by Gasteiger charge is -2.20. The van der Waals surface area contributed by atoms with Gasteiger partial charge in [0.1, 0.15) is 17.1 Å². The van der Waals surface area contributed by atoms with E-state index >= 15 is 0 Å². The fraction of sp³-hybridized carbons (Fsp3) is 0.500. The maximum Gasteiger partial charge on any atom is 0.465 e. The largest absolute Gasteiger partial charge is 0.507 e. The van der Waals surface area contributed by atoms with Crippen molar-refractivity contribution >= 4 is 36.7 Å². The van der Waals surface area contributed by atoms with E-state index in [2.05, 4.69) is 5.32 Å². The summed E-state index contributed by atoms with van der Waals surface area (Å²) >= 11 is 0.999. The first-order valence-corrected chi connectivity index (χ1v) is 10.3. The van der Waals surface area contributed by atoms with Gasteiger partial charge in [-0.3, -0.25) is 9.59 Å². The van der Waals surface area contributed by atoms with Crippen molar-refractivity contribution in [2.24, 2.45) is 0 Å². The van der Waals surface area contributed by atoms with Crippen molar-refractivity contribution in [1.82, 2.24) is 10.2 Å². The highest BCUT2D eigenvalue weighted by Crippen LogP contribution is 2.33. The number of methoxy groups -OCH3 is 1. The summed E-state index contributed by atoms with van der Waals surface area (Å²) in [7, 11) is -0.513. The fourth-order valence-corrected chi connectivity index (χ4v) is 4.29. The van der Waals surface area contributed by atoms with E-state index in [1.165, 1.54) is 26.2 Å². The van der Waals surface area contributed by atoms with Gasteiger partial charge in [0.25, 0.3) is 0 Å². The lowest BCUT2D eigenvalue weighted by molar-refractivity contribution is -0.127. The summed E-state index contributed by atoms with van der Waals surface area (Å²) < 4.78 is 4.94. The number of hydrogen-bond acceptors (Lipinski definition) is 8. The van der Waals surface area contributed by atoms with Crippen molar-refractivity contribution in [2.45, 2.75) is 31.0 Å². The molecule has 1 aliphatic heterocycles. The molecule has 0 saturated carbocycles. The maximum atomic E-state index is 12.4. The summed E-state index contributed by atoms with van der Waals surface area (Å²) in [5, 5.41) is 40.9. The number of phenols is 1. The van der Waals surface area contributed by atoms with Gasteiger partial charge in [-0.15, -0.1) is 0 Å². The smallest absolute Gasteiger partial charge is 0.465 e. The van der Waals surface area contributed by atoms with E-state index in [0.717, 1.165) is 11.8 Å². The second kappa shape index (κ2) is 10.6. The number of ether oxygens (including phenoxy) is 1. The van der Waals surface area contributed by atoms with Crippen molar-refractivity contribution in [3.05, 3.63) is 23.3 Å². The number of carbonyl (C=O) groups is 3. The summed E-state index contributed by atoms with van der Waals surface area (Å²) in [6.07, 6.45) is 0.583. The van der Waals surface area contributed by atoms with Gasteiger partial charge in [-0.2, -0.15) is 11.8 Å². The van der Waals surface area contributed by atoms with Crippen LogP contribution in [0.4, 0.5) is 0 Å². The normalized spacial score (nSPS) is 16.8. The summed E-state index contributed by atoms with van der Waals surface area (Å²) in [4.78, 5) is 36.6. The number of aromatic hydroxyl groups is 1. The second-order valence-corrected chi connectivity index (χ2v) is 8.18. The molecule has 1 fully saturated rings. The van der Waals surface area contributed by atoms with E-state index < -0.39 is 29.5 Å². The zero-order valence-electron chi connectivity index (χ0n) is 16.7. The number of amides is 2. The van der Waals surface area contributed by atoms with Crippen LogP contribution in [0.2, 0.25) is 0 Å². The summed E-state index contributed by atoms with van der Waals surface area (Å²) in [5.74, 6) is -2.31. The zero-order valence-corrected chi connectivity index (χ0v) is 17.5. The van der Waals surface area contributed by atoms with Crippen molar-refractivity contribution in [2.75, 3.05) is 26.0 Å². The van der Waals surface area contributed by atoms with E-state index in [-0.39, 0.29) is 41.3 Å². The molecule has 0 aliphatic carbocycles. The molecule has 1 saturated heterocycles. The SMILES string of the molecule is COc1ccc(C[C@H](SCC(=O)N2CCC(NC(C)=O)C2)B(O)O)c(O)c1C(=O)O. The molecule has 0 bridgehead atoms. The first-order valence-electron chi connectivity index (χ1n) is 9.28. The number of nitrogens with one attached hydrogen (secondary N) is 1. The minimum Gasteiger partial charge on any atom is -0.507 e. The van der Waals surface area contributed by atoms with E-state index in [1.54, 1.807) is 4.90 Å². The Morgan fingerprint density at radius 3 is 2.63 bits per heavy atom. The predicted molar refractivity (Wildman–Crippen MR) is 111 cm³/mol. The van der Waals surface area contributed by atoms with Crippen LogP contribution in [0.15, 0.2) is 12.1 Å². The molecule has 2 rings (SSSR count). The van der Waals surface area contributed by atoms with E-state index in [9.17, 15) is 34.6 Å². The first-order chi connectivity index (χ1) is 14.1. The number of aromatic carboxylic acids is 1. The molecule has 0 radical (unpaired) electrons. The van der Waals surface area contributed by atoms with Gasteiger partial charge in [-0.1, -0.05) is 6.07 Å². The van der Waals surface area contributed by atoms with Crippen LogP contribution >= 0.6 is 11.8 Å². The van der Waals surface area contributed by atoms with Gasteiger partial charge in [-0.25, -0.2) is 4.79 Å². The van der Waals surface area contributed by atoms with Crippen LogP contribution in [0.3, 0.4) is 0 Å². The minimum absolute atomic E-state index is 0.0181. The van der Waals surface area contributed by atoms with Crippen LogP contribution in [-0.4, -0.2) is 87.2 Å². The highest BCUT2D eigenvalue weighted by molar-refractivity contribution is 8.01. The molecule has 5 N–H and O–H groups in total. The number of hydrogen-bond donors (Lipinski definition) is 5. The third-order valence-corrected chi connectivity index (χ3v) is 6.03. The van der Waals surface area contributed by atoms with Crippen molar-refractivity contribution in [3.8, 4) is 11.5 Å². The lowest BCUT2D eigenvalue weighted by atomic mass is 9.81. The van der Waals surface area contributed by atoms with Crippen LogP contribution in [0.1, 0.15) is 29.3 Å². The Kier molecular flexibility index (Phi) is 8.38. The van der Waals surface area contributed by atoms with Crippen LogP contribution in [-0.2, 0) is 16.0 Å². The highest BCUT2D eigenvalue weighted by atomic mass is 32.2. The minimum atomic E-state index is -1.79. The molecular formula is C18H25BN2O8S. The van der Waals surface area contributed by atoms with Gasteiger partial charge < -0.3 is 35.2 Å². The molecule has 0 aromatic heterocycles. The van der Waals surface area contributed by atoms with Gasteiger partial charge >= 0.3 is 13.1 Å². The highest BCUT2D eigenvalue weighted by Gasteiger charge is 2.31. The summed E-state index contributed by atoms with van der Waals surface area (Å²) in [5.41, 5.74) is -0.221. The third-order valence-electron chi connectivity index (χ3n) is 4.78. The standard InChI is InChI=1S/C18H25BN2O8S/c1-10(22)20-12-5-6-21(8-12)15(23)9-30-14(19(27)28)7-11-3-4-13(29-2)16(17(11)24)18(25)26/h3-4,12,14,24,27-28H,5-9H2,1-2H3,(H,20,22)(H,25,26)/t12?,14-/m0/s1. The number of thioether (sulfide) groups is 1. The molecule has 164 valence electrons. The van der Waals surface area contributed by atoms with E-state index in [4.69, 9.17) is 4.74 Å². The van der Waals surface area contributed by atoms with Crippen LogP contribution in [0.5, 0.6) is 11.5 Å². The number of benzene rings is 1. The molecule has 2 atom stereocenters. The Morgan fingerprint density at radius 2 is 2.07 bits per heavy atom. The number of carbonyl (C=O) groups excluding carboxylic acids is 2. The first kappa shape index (κ1) is 23.8. The quantitative estimate of drug-likeness (QED) is 0.319. The van der Waals surface area contributed by atoms with Crippen LogP contribution in [0, 0.1) is 0 Å². The van der Waals surface area contributed by atoms with Crippen molar-refractivity contribution in [1.29, 1.82) is 0 Å². The molecule has 2 amide bonds. The molecule has 12 heteroatoms. The van der Waals surface area contributed by atoms with Crippen molar-refractivity contribution < 1.29 is 39.4 Å². The number of likely N-dealkylation sites (tertiary alicyclic amines) is 1.